The maximum absolute atomic E-state index is 12.5. The van der Waals surface area contributed by atoms with Crippen LogP contribution in [-0.2, 0) is 4.79 Å². The lowest BCUT2D eigenvalue weighted by molar-refractivity contribution is -0.122. The Morgan fingerprint density at radius 3 is 2.86 bits per heavy atom. The monoisotopic (exact) mass is 285 g/mol. The van der Waals surface area contributed by atoms with Crippen LogP contribution in [-0.4, -0.2) is 17.6 Å². The van der Waals surface area contributed by atoms with Crippen molar-refractivity contribution in [1.29, 1.82) is 0 Å². The van der Waals surface area contributed by atoms with E-state index in [0.29, 0.717) is 0 Å². The zero-order valence-electron chi connectivity index (χ0n) is 13.0. The molecule has 3 nitrogen and oxygen atoms in total. The number of nitrogens with one attached hydrogen (secondary N) is 1. The van der Waals surface area contributed by atoms with E-state index in [2.05, 4.69) is 31.0 Å². The molecule has 0 heterocycles. The summed E-state index contributed by atoms with van der Waals surface area (Å²) in [6.45, 7) is 6.14. The van der Waals surface area contributed by atoms with Gasteiger partial charge in [-0.25, -0.2) is 0 Å². The van der Waals surface area contributed by atoms with Crippen molar-refractivity contribution in [2.75, 3.05) is 11.9 Å². The van der Waals surface area contributed by atoms with Crippen molar-refractivity contribution in [3.8, 4) is 11.8 Å². The van der Waals surface area contributed by atoms with Gasteiger partial charge in [0, 0.05) is 17.2 Å². The van der Waals surface area contributed by atoms with Crippen molar-refractivity contribution in [3.63, 3.8) is 0 Å². The highest BCUT2D eigenvalue weighted by Gasteiger charge is 2.39. The smallest absolute Gasteiger partial charge is 0.228 e. The molecule has 1 saturated carbocycles. The van der Waals surface area contributed by atoms with Crippen molar-refractivity contribution in [2.24, 2.45) is 11.3 Å². The van der Waals surface area contributed by atoms with Crippen LogP contribution in [0.4, 0.5) is 5.69 Å². The van der Waals surface area contributed by atoms with E-state index >= 15 is 0 Å². The van der Waals surface area contributed by atoms with Crippen LogP contribution >= 0.6 is 0 Å². The first kappa shape index (κ1) is 15.6. The Bertz CT molecular complexity index is 593. The largest absolute Gasteiger partial charge is 0.384 e. The number of aryl methyl sites for hydroxylation is 1. The fraction of sp³-hybridized carbons (Fsp3) is 0.500. The molecule has 1 aromatic rings. The highest BCUT2D eigenvalue weighted by atomic mass is 16.2. The number of carbonyl (C=O) groups is 1. The van der Waals surface area contributed by atoms with Crippen LogP contribution in [0, 0.1) is 30.1 Å². The van der Waals surface area contributed by atoms with Gasteiger partial charge >= 0.3 is 0 Å². The SMILES string of the molecule is Cc1ccc(C#CCO)cc1NC(=O)C1CCCC1(C)C. The molecule has 0 bridgehead atoms. The molecule has 0 aromatic heterocycles. The van der Waals surface area contributed by atoms with E-state index in [1.54, 1.807) is 0 Å². The van der Waals surface area contributed by atoms with Gasteiger partial charge in [-0.05, 0) is 42.9 Å². The van der Waals surface area contributed by atoms with Crippen LogP contribution < -0.4 is 5.32 Å². The zero-order chi connectivity index (χ0) is 15.5. The van der Waals surface area contributed by atoms with Gasteiger partial charge in [-0.1, -0.05) is 38.2 Å². The van der Waals surface area contributed by atoms with Crippen molar-refractivity contribution >= 4 is 11.6 Å². The fourth-order valence-electron chi connectivity index (χ4n) is 3.01. The molecule has 1 fully saturated rings. The van der Waals surface area contributed by atoms with Crippen LogP contribution in [0.3, 0.4) is 0 Å². The van der Waals surface area contributed by atoms with Crippen LogP contribution in [0.2, 0.25) is 0 Å². The zero-order valence-corrected chi connectivity index (χ0v) is 13.0. The Hall–Kier alpha value is -1.79. The quantitative estimate of drug-likeness (QED) is 0.820. The van der Waals surface area contributed by atoms with Crippen molar-refractivity contribution in [1.82, 2.24) is 0 Å². The molecule has 0 radical (unpaired) electrons. The maximum Gasteiger partial charge on any atom is 0.228 e. The lowest BCUT2D eigenvalue weighted by Crippen LogP contribution is -2.31. The predicted molar refractivity (Wildman–Crippen MR) is 84.9 cm³/mol. The summed E-state index contributed by atoms with van der Waals surface area (Å²) in [6, 6.07) is 5.71. The molecule has 1 unspecified atom stereocenters. The van der Waals surface area contributed by atoms with Crippen molar-refractivity contribution in [2.45, 2.75) is 40.0 Å². The van der Waals surface area contributed by atoms with E-state index in [1.165, 1.54) is 0 Å². The van der Waals surface area contributed by atoms with Crippen LogP contribution in [0.5, 0.6) is 0 Å². The number of anilines is 1. The number of aliphatic hydroxyl groups is 1. The molecule has 112 valence electrons. The Morgan fingerprint density at radius 2 is 2.24 bits per heavy atom. The summed E-state index contributed by atoms with van der Waals surface area (Å²) in [4.78, 5) is 12.5. The molecular formula is C18H23NO2. The average Bonchev–Trinajstić information content (AvgIpc) is 2.79. The van der Waals surface area contributed by atoms with Crippen molar-refractivity contribution < 1.29 is 9.90 Å². The lowest BCUT2D eigenvalue weighted by atomic mass is 9.81. The van der Waals surface area contributed by atoms with Gasteiger partial charge in [-0.15, -0.1) is 0 Å². The van der Waals surface area contributed by atoms with Crippen LogP contribution in [0.1, 0.15) is 44.2 Å². The third-order valence-corrected chi connectivity index (χ3v) is 4.38. The van der Waals surface area contributed by atoms with E-state index < -0.39 is 0 Å². The third-order valence-electron chi connectivity index (χ3n) is 4.38. The summed E-state index contributed by atoms with van der Waals surface area (Å²) in [5.41, 5.74) is 2.71. The first-order valence-corrected chi connectivity index (χ1v) is 7.45. The summed E-state index contributed by atoms with van der Waals surface area (Å²) in [5.74, 6) is 5.67. The molecular weight excluding hydrogens is 262 g/mol. The van der Waals surface area contributed by atoms with E-state index in [1.807, 2.05) is 25.1 Å². The molecule has 1 amide bonds. The van der Waals surface area contributed by atoms with Gasteiger partial charge in [-0.3, -0.25) is 4.79 Å². The summed E-state index contributed by atoms with van der Waals surface area (Å²) in [6.07, 6.45) is 3.18. The predicted octanol–water partition coefficient (Wildman–Crippen LogP) is 3.10. The second-order valence-electron chi connectivity index (χ2n) is 6.41. The number of rotatable bonds is 2. The molecule has 0 spiro atoms. The van der Waals surface area contributed by atoms with E-state index in [-0.39, 0.29) is 23.8 Å². The molecule has 2 N–H and O–H groups in total. The molecule has 1 aliphatic rings. The summed E-state index contributed by atoms with van der Waals surface area (Å²) in [5, 5.41) is 11.8. The summed E-state index contributed by atoms with van der Waals surface area (Å²) in [7, 11) is 0. The van der Waals surface area contributed by atoms with Gasteiger partial charge < -0.3 is 10.4 Å². The molecule has 0 aliphatic heterocycles. The van der Waals surface area contributed by atoms with Gasteiger partial charge in [0.25, 0.3) is 0 Å². The Labute approximate surface area is 126 Å². The molecule has 1 aliphatic carbocycles. The van der Waals surface area contributed by atoms with Crippen molar-refractivity contribution in [3.05, 3.63) is 29.3 Å². The van der Waals surface area contributed by atoms with E-state index in [4.69, 9.17) is 5.11 Å². The number of benzene rings is 1. The minimum absolute atomic E-state index is 0.0732. The Morgan fingerprint density at radius 1 is 1.48 bits per heavy atom. The van der Waals surface area contributed by atoms with Crippen LogP contribution in [0.15, 0.2) is 18.2 Å². The number of hydrogen-bond donors (Lipinski definition) is 2. The first-order chi connectivity index (χ1) is 9.94. The average molecular weight is 285 g/mol. The molecule has 2 rings (SSSR count). The van der Waals surface area contributed by atoms with Gasteiger partial charge in [0.1, 0.15) is 6.61 Å². The van der Waals surface area contributed by atoms with Gasteiger partial charge in [0.2, 0.25) is 5.91 Å². The molecule has 21 heavy (non-hydrogen) atoms. The normalized spacial score (nSPS) is 19.7. The van der Waals surface area contributed by atoms with Gasteiger partial charge in [0.15, 0.2) is 0 Å². The fourth-order valence-corrected chi connectivity index (χ4v) is 3.01. The Kier molecular flexibility index (Phi) is 4.69. The first-order valence-electron chi connectivity index (χ1n) is 7.45. The highest BCUT2D eigenvalue weighted by molar-refractivity contribution is 5.94. The van der Waals surface area contributed by atoms with Crippen LogP contribution in [0.25, 0.3) is 0 Å². The molecule has 0 saturated heterocycles. The van der Waals surface area contributed by atoms with Gasteiger partial charge in [-0.2, -0.15) is 0 Å². The minimum atomic E-state index is -0.161. The van der Waals surface area contributed by atoms with E-state index in [9.17, 15) is 4.79 Å². The third kappa shape index (κ3) is 3.65. The minimum Gasteiger partial charge on any atom is -0.384 e. The highest BCUT2D eigenvalue weighted by Crippen LogP contribution is 2.43. The number of amides is 1. The van der Waals surface area contributed by atoms with E-state index in [0.717, 1.165) is 36.1 Å². The molecule has 1 atom stereocenters. The topological polar surface area (TPSA) is 49.3 Å². The summed E-state index contributed by atoms with van der Waals surface area (Å²) >= 11 is 0. The van der Waals surface area contributed by atoms with Gasteiger partial charge in [0.05, 0.1) is 0 Å². The number of aliphatic hydroxyl groups excluding tert-OH is 1. The lowest BCUT2D eigenvalue weighted by Gasteiger charge is -2.26. The number of hydrogen-bond acceptors (Lipinski definition) is 2. The Balaban J connectivity index is 2.17. The molecule has 3 heteroatoms. The summed E-state index contributed by atoms with van der Waals surface area (Å²) < 4.78 is 0. The second-order valence-corrected chi connectivity index (χ2v) is 6.41. The number of carbonyl (C=O) groups excluding carboxylic acids is 1. The second kappa shape index (κ2) is 6.32. The standard InChI is InChI=1S/C18H23NO2/c1-13-8-9-14(6-5-11-20)12-16(13)19-17(21)15-7-4-10-18(15,2)3/h8-9,12,15,20H,4,7,10-11H2,1-3H3,(H,19,21). The maximum atomic E-state index is 12.5. The molecule has 1 aromatic carbocycles.